The van der Waals surface area contributed by atoms with Crippen molar-refractivity contribution in [1.82, 2.24) is 0 Å². The number of aliphatic hydroxyl groups excluding tert-OH is 3. The molecule has 0 aliphatic rings. The Labute approximate surface area is 318 Å². The maximum absolute atomic E-state index is 13.3. The molecule has 0 radical (unpaired) electrons. The number of hydrogen-bond donors (Lipinski definition) is 6. The molecule has 7 N–H and O–H groups in total. The van der Waals surface area contributed by atoms with Gasteiger partial charge in [-0.3, -0.25) is 14.1 Å². The number of Topliss-reactive ketones (excluding diaryl/α,β-unsaturated/α-hetero) is 2. The van der Waals surface area contributed by atoms with E-state index in [1.165, 1.54) is 103 Å². The van der Waals surface area contributed by atoms with Gasteiger partial charge in [-0.25, -0.2) is 4.57 Å². The number of hydrogen-bond acceptors (Lipinski definition) is 8. The number of ketones is 2. The lowest BCUT2D eigenvalue weighted by Gasteiger charge is -2.34. The van der Waals surface area contributed by atoms with Crippen molar-refractivity contribution in [2.24, 2.45) is 5.73 Å². The largest absolute Gasteiger partial charge is 0.471 e. The van der Waals surface area contributed by atoms with E-state index in [1.54, 1.807) is 0 Å². The van der Waals surface area contributed by atoms with Crippen LogP contribution in [0.3, 0.4) is 0 Å². The molecule has 0 spiro atoms. The zero-order valence-corrected chi connectivity index (χ0v) is 34.4. The maximum Gasteiger partial charge on any atom is 0.471 e. The second-order valence-corrected chi connectivity index (χ2v) is 15.6. The molecule has 0 aromatic rings. The van der Waals surface area contributed by atoms with Crippen LogP contribution >= 0.6 is 7.82 Å². The van der Waals surface area contributed by atoms with Gasteiger partial charge in [-0.05, 0) is 38.5 Å². The summed E-state index contributed by atoms with van der Waals surface area (Å²) in [5, 5.41) is 28.0. The van der Waals surface area contributed by atoms with Crippen LogP contribution in [0.4, 0.5) is 0 Å². The Balaban J connectivity index is 0. The van der Waals surface area contributed by atoms with Crippen LogP contribution < -0.4 is 5.73 Å². The van der Waals surface area contributed by atoms with Gasteiger partial charge < -0.3 is 30.8 Å². The average molecular weight is 764 g/mol. The first-order chi connectivity index (χ1) is 25.1. The molecule has 0 rings (SSSR count). The standard InChI is InChI=1S/C39H75O8P.C2H7NO/c1-3-5-7-9-11-13-15-17-19-21-23-25-27-29-31-33-36(41)39(38(43)35-40,47-48(44,45)46)37(42)34-32-30-28-26-24-22-20-18-16-14-12-10-8-6-4-2;3-1-2-4/h17,19,38,40,43H,3-16,18,20-35H2,1-2H3,(H2,44,45,46);4H,1-3H2/b19-17-;. The Bertz CT molecular complexity index is 880. The van der Waals surface area contributed by atoms with Crippen LogP contribution in [0.25, 0.3) is 0 Å². The van der Waals surface area contributed by atoms with Crippen molar-refractivity contribution in [3.8, 4) is 0 Å². The first kappa shape index (κ1) is 53.1. The monoisotopic (exact) mass is 764 g/mol. The van der Waals surface area contributed by atoms with Crippen molar-refractivity contribution >= 4 is 19.4 Å². The number of aliphatic hydroxyl groups is 3. The van der Waals surface area contributed by atoms with Crippen LogP contribution in [0.2, 0.25) is 0 Å². The van der Waals surface area contributed by atoms with E-state index in [0.29, 0.717) is 25.8 Å². The third-order valence-corrected chi connectivity index (χ3v) is 10.1. The minimum atomic E-state index is -5.33. The van der Waals surface area contributed by atoms with Gasteiger partial charge in [0.15, 0.2) is 11.6 Å². The third kappa shape index (κ3) is 31.4. The molecule has 0 fully saturated rings. The molecule has 10 nitrogen and oxygen atoms in total. The van der Waals surface area contributed by atoms with Crippen LogP contribution in [-0.4, -0.2) is 68.1 Å². The molecule has 2 unspecified atom stereocenters. The van der Waals surface area contributed by atoms with Gasteiger partial charge in [0, 0.05) is 19.4 Å². The zero-order valence-electron chi connectivity index (χ0n) is 33.5. The SMILES string of the molecule is CCCCCCCC/C=C\CCCCCCCC(=O)C(OP(=O)(O)O)(C(=O)CCCCCCCCCCCCCCCCC)C(O)CO.NCCO. The van der Waals surface area contributed by atoms with Crippen molar-refractivity contribution in [3.05, 3.63) is 12.2 Å². The summed E-state index contributed by atoms with van der Waals surface area (Å²) in [6, 6.07) is 0. The molecular weight excluding hydrogens is 681 g/mol. The Morgan fingerprint density at radius 1 is 0.596 bits per heavy atom. The minimum absolute atomic E-state index is 0.0972. The Kier molecular flexibility index (Phi) is 39.1. The minimum Gasteiger partial charge on any atom is -0.395 e. The van der Waals surface area contributed by atoms with Crippen LogP contribution in [0.5, 0.6) is 0 Å². The number of carbonyl (C=O) groups is 2. The first-order valence-electron chi connectivity index (χ1n) is 21.1. The van der Waals surface area contributed by atoms with Crippen LogP contribution in [0.1, 0.15) is 206 Å². The van der Waals surface area contributed by atoms with Crippen molar-refractivity contribution < 1.29 is 43.8 Å². The zero-order chi connectivity index (χ0) is 39.2. The van der Waals surface area contributed by atoms with Gasteiger partial charge in [-0.2, -0.15) is 0 Å². The van der Waals surface area contributed by atoms with Crippen molar-refractivity contribution in [1.29, 1.82) is 0 Å². The highest BCUT2D eigenvalue weighted by Crippen LogP contribution is 2.44. The van der Waals surface area contributed by atoms with E-state index in [-0.39, 0.29) is 19.4 Å². The molecule has 0 aliphatic heterocycles. The molecule has 0 amide bonds. The predicted octanol–water partition coefficient (Wildman–Crippen LogP) is 9.56. The molecular formula is C41H82NO9P. The fourth-order valence-corrected chi connectivity index (χ4v) is 7.09. The normalized spacial score (nSPS) is 13.5. The molecule has 310 valence electrons. The highest BCUT2D eigenvalue weighted by molar-refractivity contribution is 7.46. The van der Waals surface area contributed by atoms with Crippen LogP contribution in [0.15, 0.2) is 12.2 Å². The molecule has 0 saturated heterocycles. The van der Waals surface area contributed by atoms with E-state index < -0.39 is 37.7 Å². The summed E-state index contributed by atoms with van der Waals surface area (Å²) >= 11 is 0. The topological polar surface area (TPSA) is 188 Å². The van der Waals surface area contributed by atoms with Crippen LogP contribution in [0, 0.1) is 0 Å². The summed E-state index contributed by atoms with van der Waals surface area (Å²) < 4.78 is 16.7. The maximum atomic E-state index is 13.3. The highest BCUT2D eigenvalue weighted by atomic mass is 31.2. The van der Waals surface area contributed by atoms with Crippen molar-refractivity contribution in [2.45, 2.75) is 218 Å². The van der Waals surface area contributed by atoms with E-state index in [2.05, 4.69) is 26.0 Å². The van der Waals surface area contributed by atoms with Crippen molar-refractivity contribution in [2.75, 3.05) is 19.8 Å². The second kappa shape index (κ2) is 38.3. The number of allylic oxidation sites excluding steroid dienone is 2. The summed E-state index contributed by atoms with van der Waals surface area (Å²) in [6.45, 7) is 3.92. The van der Waals surface area contributed by atoms with E-state index in [0.717, 1.165) is 57.8 Å². The lowest BCUT2D eigenvalue weighted by molar-refractivity contribution is -0.164. The van der Waals surface area contributed by atoms with Crippen LogP contribution in [-0.2, 0) is 18.7 Å². The van der Waals surface area contributed by atoms with Gasteiger partial charge in [-0.1, -0.05) is 167 Å². The number of phosphoric acid groups is 1. The molecule has 0 heterocycles. The summed E-state index contributed by atoms with van der Waals surface area (Å²) in [7, 11) is -5.33. The van der Waals surface area contributed by atoms with Gasteiger partial charge in [0.05, 0.1) is 13.2 Å². The van der Waals surface area contributed by atoms with E-state index in [4.69, 9.17) is 15.4 Å². The number of nitrogens with two attached hydrogens (primary N) is 1. The molecule has 0 aromatic heterocycles. The number of phosphoric ester groups is 1. The second-order valence-electron chi connectivity index (χ2n) is 14.4. The third-order valence-electron chi connectivity index (χ3n) is 9.54. The molecule has 0 aromatic carbocycles. The molecule has 0 saturated carbocycles. The predicted molar refractivity (Wildman–Crippen MR) is 214 cm³/mol. The van der Waals surface area contributed by atoms with Gasteiger partial charge in [0.1, 0.15) is 6.10 Å². The van der Waals surface area contributed by atoms with E-state index >= 15 is 0 Å². The summed E-state index contributed by atoms with van der Waals surface area (Å²) in [4.78, 5) is 45.8. The Morgan fingerprint density at radius 2 is 0.885 bits per heavy atom. The lowest BCUT2D eigenvalue weighted by atomic mass is 9.82. The van der Waals surface area contributed by atoms with Gasteiger partial charge in [0.25, 0.3) is 0 Å². The van der Waals surface area contributed by atoms with E-state index in [9.17, 15) is 34.2 Å². The van der Waals surface area contributed by atoms with Gasteiger partial charge in [0.2, 0.25) is 5.60 Å². The molecule has 2 atom stereocenters. The smallest absolute Gasteiger partial charge is 0.395 e. The quantitative estimate of drug-likeness (QED) is 0.0153. The average Bonchev–Trinajstić information content (AvgIpc) is 3.12. The lowest BCUT2D eigenvalue weighted by Crippen LogP contribution is -2.58. The fraction of sp³-hybridized carbons (Fsp3) is 0.902. The number of unbranched alkanes of at least 4 members (excludes halogenated alkanes) is 25. The number of carbonyl (C=O) groups excluding carboxylic acids is 2. The summed E-state index contributed by atoms with van der Waals surface area (Å²) in [6.07, 6.45) is 33.4. The molecule has 0 bridgehead atoms. The van der Waals surface area contributed by atoms with Crippen molar-refractivity contribution in [3.63, 3.8) is 0 Å². The van der Waals surface area contributed by atoms with E-state index in [1.807, 2.05) is 0 Å². The fourth-order valence-electron chi connectivity index (χ4n) is 6.39. The first-order valence-corrected chi connectivity index (χ1v) is 22.7. The summed E-state index contributed by atoms with van der Waals surface area (Å²) in [5.74, 6) is -1.75. The number of rotatable bonds is 38. The molecule has 52 heavy (non-hydrogen) atoms. The van der Waals surface area contributed by atoms with Gasteiger partial charge >= 0.3 is 7.82 Å². The summed E-state index contributed by atoms with van der Waals surface area (Å²) in [5.41, 5.74) is 2.02. The molecule has 11 heteroatoms. The Hall–Kier alpha value is -0.970. The van der Waals surface area contributed by atoms with Gasteiger partial charge in [-0.15, -0.1) is 0 Å². The highest BCUT2D eigenvalue weighted by Gasteiger charge is 2.55. The Morgan fingerprint density at radius 3 is 1.15 bits per heavy atom. The molecule has 0 aliphatic carbocycles.